The number of hydrogen-bond donors (Lipinski definition) is 1. The summed E-state index contributed by atoms with van der Waals surface area (Å²) in [6, 6.07) is 8.41. The van der Waals surface area contributed by atoms with E-state index in [1.54, 1.807) is 0 Å². The average molecular weight is 350 g/mol. The Morgan fingerprint density at radius 1 is 1.38 bits per heavy atom. The van der Waals surface area contributed by atoms with Crippen LogP contribution in [0.2, 0.25) is 0 Å². The van der Waals surface area contributed by atoms with E-state index >= 15 is 0 Å². The van der Waals surface area contributed by atoms with Crippen LogP contribution in [-0.2, 0) is 0 Å². The molecule has 1 aromatic rings. The minimum Gasteiger partial charge on any atom is -0.369 e. The highest BCUT2D eigenvalue weighted by Crippen LogP contribution is 2.43. The highest BCUT2D eigenvalue weighted by atomic mass is 79.9. The van der Waals surface area contributed by atoms with Crippen LogP contribution in [0.5, 0.6) is 0 Å². The van der Waals surface area contributed by atoms with Gasteiger partial charge in [-0.15, -0.1) is 0 Å². The van der Waals surface area contributed by atoms with Crippen molar-refractivity contribution in [1.82, 2.24) is 0 Å². The van der Waals surface area contributed by atoms with E-state index in [0.29, 0.717) is 5.96 Å². The van der Waals surface area contributed by atoms with Crippen LogP contribution in [0.3, 0.4) is 0 Å². The van der Waals surface area contributed by atoms with Crippen molar-refractivity contribution in [2.45, 2.75) is 51.0 Å². The zero-order valence-electron chi connectivity index (χ0n) is 12.7. The summed E-state index contributed by atoms with van der Waals surface area (Å²) in [4.78, 5) is 6.87. The molecule has 0 bridgehead atoms. The smallest absolute Gasteiger partial charge is 0.196 e. The summed E-state index contributed by atoms with van der Waals surface area (Å²) in [5.41, 5.74) is 7.50. The van der Waals surface area contributed by atoms with Gasteiger partial charge < -0.3 is 10.6 Å². The molecule has 1 aromatic carbocycles. The summed E-state index contributed by atoms with van der Waals surface area (Å²) in [5, 5.41) is 0. The normalized spacial score (nSPS) is 29.0. The van der Waals surface area contributed by atoms with E-state index in [9.17, 15) is 0 Å². The zero-order chi connectivity index (χ0) is 14.9. The molecule has 1 fully saturated rings. The van der Waals surface area contributed by atoms with Gasteiger partial charge in [0, 0.05) is 10.2 Å². The van der Waals surface area contributed by atoms with E-state index in [-0.39, 0.29) is 5.54 Å². The lowest BCUT2D eigenvalue weighted by Crippen LogP contribution is -2.53. The van der Waals surface area contributed by atoms with Crippen molar-refractivity contribution in [2.75, 3.05) is 11.4 Å². The van der Waals surface area contributed by atoms with E-state index < -0.39 is 0 Å². The second kappa shape index (κ2) is 5.99. The maximum absolute atomic E-state index is 6.22. The molecule has 1 saturated carbocycles. The minimum absolute atomic E-state index is 0.120. The molecule has 0 unspecified atom stereocenters. The summed E-state index contributed by atoms with van der Waals surface area (Å²) >= 11 is 3.56. The molecule has 1 aliphatic carbocycles. The molecule has 2 aliphatic rings. The number of anilines is 1. The Kier molecular flexibility index (Phi) is 4.25. The van der Waals surface area contributed by atoms with Crippen molar-refractivity contribution < 1.29 is 0 Å². The van der Waals surface area contributed by atoms with E-state index in [1.807, 2.05) is 0 Å². The van der Waals surface area contributed by atoms with Gasteiger partial charge in [0.05, 0.1) is 12.1 Å². The predicted octanol–water partition coefficient (Wildman–Crippen LogP) is 4.31. The molecule has 0 radical (unpaired) electrons. The summed E-state index contributed by atoms with van der Waals surface area (Å²) < 4.78 is 1.09. The first-order chi connectivity index (χ1) is 10.1. The SMILES string of the molecule is CCCC1CCC2(CC1)CN=C(N)N2c1cccc(Br)c1. The monoisotopic (exact) mass is 349 g/mol. The number of rotatable bonds is 3. The zero-order valence-corrected chi connectivity index (χ0v) is 14.3. The van der Waals surface area contributed by atoms with Crippen molar-refractivity contribution in [2.24, 2.45) is 16.6 Å². The van der Waals surface area contributed by atoms with Crippen molar-refractivity contribution in [3.8, 4) is 0 Å². The first-order valence-corrected chi connectivity index (χ1v) is 8.80. The molecular formula is C17H24BrN3. The van der Waals surface area contributed by atoms with Crippen LogP contribution in [0, 0.1) is 5.92 Å². The summed E-state index contributed by atoms with van der Waals surface area (Å²) in [6.07, 6.45) is 7.68. The van der Waals surface area contributed by atoms with Gasteiger partial charge in [-0.2, -0.15) is 0 Å². The predicted molar refractivity (Wildman–Crippen MR) is 92.7 cm³/mol. The second-order valence-electron chi connectivity index (χ2n) is 6.45. The number of benzene rings is 1. The second-order valence-corrected chi connectivity index (χ2v) is 7.36. The van der Waals surface area contributed by atoms with Gasteiger partial charge in [-0.05, 0) is 49.8 Å². The van der Waals surface area contributed by atoms with Crippen molar-refractivity contribution in [1.29, 1.82) is 0 Å². The van der Waals surface area contributed by atoms with Crippen LogP contribution >= 0.6 is 15.9 Å². The fraction of sp³-hybridized carbons (Fsp3) is 0.588. The van der Waals surface area contributed by atoms with Crippen LogP contribution in [0.1, 0.15) is 45.4 Å². The summed E-state index contributed by atoms with van der Waals surface area (Å²) in [7, 11) is 0. The first-order valence-electron chi connectivity index (χ1n) is 8.00. The third kappa shape index (κ3) is 2.83. The van der Waals surface area contributed by atoms with E-state index in [4.69, 9.17) is 5.73 Å². The van der Waals surface area contributed by atoms with Gasteiger partial charge in [0.2, 0.25) is 0 Å². The fourth-order valence-corrected chi connectivity index (χ4v) is 4.31. The lowest BCUT2D eigenvalue weighted by atomic mass is 9.74. The van der Waals surface area contributed by atoms with Crippen LogP contribution in [-0.4, -0.2) is 18.0 Å². The standard InChI is InChI=1S/C17H24BrN3/c1-2-4-13-7-9-17(10-8-13)12-20-16(19)21(17)15-6-3-5-14(18)11-15/h3,5-6,11,13H,2,4,7-10,12H2,1H3,(H2,19,20). The molecule has 3 nitrogen and oxygen atoms in total. The van der Waals surface area contributed by atoms with E-state index in [2.05, 4.69) is 57.0 Å². The molecule has 1 aliphatic heterocycles. The number of aliphatic imine (C=N–C) groups is 1. The molecule has 1 spiro atoms. The van der Waals surface area contributed by atoms with Gasteiger partial charge in [-0.25, -0.2) is 0 Å². The Labute approximate surface area is 135 Å². The fourth-order valence-electron chi connectivity index (χ4n) is 3.93. The molecule has 4 heteroatoms. The maximum atomic E-state index is 6.22. The van der Waals surface area contributed by atoms with E-state index in [0.717, 1.165) is 22.6 Å². The highest BCUT2D eigenvalue weighted by molar-refractivity contribution is 9.10. The summed E-state index contributed by atoms with van der Waals surface area (Å²) in [6.45, 7) is 3.14. The van der Waals surface area contributed by atoms with Gasteiger partial charge in [0.15, 0.2) is 5.96 Å². The van der Waals surface area contributed by atoms with Crippen molar-refractivity contribution >= 4 is 27.6 Å². The molecule has 114 valence electrons. The highest BCUT2D eigenvalue weighted by Gasteiger charge is 2.45. The molecule has 3 rings (SSSR count). The Morgan fingerprint density at radius 3 is 2.81 bits per heavy atom. The lowest BCUT2D eigenvalue weighted by Gasteiger charge is -2.44. The van der Waals surface area contributed by atoms with Crippen molar-refractivity contribution in [3.05, 3.63) is 28.7 Å². The molecule has 0 atom stereocenters. The maximum Gasteiger partial charge on any atom is 0.196 e. The van der Waals surface area contributed by atoms with Crippen LogP contribution in [0.25, 0.3) is 0 Å². The Morgan fingerprint density at radius 2 is 2.14 bits per heavy atom. The van der Waals surface area contributed by atoms with Gasteiger partial charge in [-0.3, -0.25) is 4.99 Å². The van der Waals surface area contributed by atoms with Crippen LogP contribution in [0.15, 0.2) is 33.7 Å². The van der Waals surface area contributed by atoms with Crippen LogP contribution < -0.4 is 10.6 Å². The molecule has 0 aromatic heterocycles. The third-order valence-corrected chi connectivity index (χ3v) is 5.53. The lowest BCUT2D eigenvalue weighted by molar-refractivity contribution is 0.238. The quantitative estimate of drug-likeness (QED) is 0.882. The molecule has 0 saturated heterocycles. The number of guanidine groups is 1. The number of halogens is 1. The average Bonchev–Trinajstić information content (AvgIpc) is 2.79. The van der Waals surface area contributed by atoms with Gasteiger partial charge in [-0.1, -0.05) is 41.8 Å². The van der Waals surface area contributed by atoms with Crippen LogP contribution in [0.4, 0.5) is 5.69 Å². The summed E-state index contributed by atoms with van der Waals surface area (Å²) in [5.74, 6) is 1.58. The van der Waals surface area contributed by atoms with Crippen molar-refractivity contribution in [3.63, 3.8) is 0 Å². The molecular weight excluding hydrogens is 326 g/mol. The van der Waals surface area contributed by atoms with Gasteiger partial charge in [0.25, 0.3) is 0 Å². The molecule has 1 heterocycles. The Balaban J connectivity index is 1.83. The van der Waals surface area contributed by atoms with Gasteiger partial charge >= 0.3 is 0 Å². The topological polar surface area (TPSA) is 41.6 Å². The van der Waals surface area contributed by atoms with E-state index in [1.165, 1.54) is 38.5 Å². The molecule has 0 amide bonds. The molecule has 2 N–H and O–H groups in total. The Hall–Kier alpha value is -1.03. The molecule has 21 heavy (non-hydrogen) atoms. The largest absolute Gasteiger partial charge is 0.369 e. The number of hydrogen-bond acceptors (Lipinski definition) is 3. The third-order valence-electron chi connectivity index (χ3n) is 5.04. The van der Waals surface area contributed by atoms with Gasteiger partial charge in [0.1, 0.15) is 0 Å². The Bertz CT molecular complexity index is 533. The first kappa shape index (κ1) is 14.9. The number of nitrogens with zero attached hydrogens (tertiary/aromatic N) is 2. The minimum atomic E-state index is 0.120. The number of nitrogens with two attached hydrogens (primary N) is 1.